The number of anilines is 1. The highest BCUT2D eigenvalue weighted by Gasteiger charge is 2.44. The van der Waals surface area contributed by atoms with Crippen LogP contribution in [0.5, 0.6) is 0 Å². The molecule has 0 radical (unpaired) electrons. The molecule has 0 spiro atoms. The van der Waals surface area contributed by atoms with Gasteiger partial charge in [-0.3, -0.25) is 4.57 Å². The fourth-order valence-corrected chi connectivity index (χ4v) is 4.76. The topological polar surface area (TPSA) is 115 Å². The van der Waals surface area contributed by atoms with Crippen LogP contribution in [0.4, 0.5) is 5.82 Å². The number of rotatable bonds is 6. The third-order valence-corrected chi connectivity index (χ3v) is 6.50. The predicted molar refractivity (Wildman–Crippen MR) is 111 cm³/mol. The number of hydrogen-bond acceptors (Lipinski definition) is 9. The van der Waals surface area contributed by atoms with Crippen LogP contribution in [-0.2, 0) is 9.47 Å². The maximum absolute atomic E-state index is 10.6. The zero-order chi connectivity index (χ0) is 20.5. The molecule has 5 rings (SSSR count). The molecule has 1 aromatic carbocycles. The van der Waals surface area contributed by atoms with E-state index in [4.69, 9.17) is 9.47 Å². The summed E-state index contributed by atoms with van der Waals surface area (Å²) in [6.07, 6.45) is 0.565. The Hall–Kier alpha value is -2.24. The van der Waals surface area contributed by atoms with Crippen molar-refractivity contribution in [2.24, 2.45) is 0 Å². The average Bonchev–Trinajstić information content (AvgIpc) is 3.49. The highest BCUT2D eigenvalue weighted by atomic mass is 32.2. The second-order valence-electron chi connectivity index (χ2n) is 7.42. The van der Waals surface area contributed by atoms with Gasteiger partial charge in [0.1, 0.15) is 18.5 Å². The first-order valence-electron chi connectivity index (χ1n) is 9.92. The van der Waals surface area contributed by atoms with E-state index in [1.807, 2.05) is 30.3 Å². The van der Waals surface area contributed by atoms with E-state index in [-0.39, 0.29) is 6.04 Å². The molecular weight excluding hydrogens is 406 g/mol. The Balaban J connectivity index is 1.34. The average molecular weight is 430 g/mol. The third kappa shape index (κ3) is 3.77. The van der Waals surface area contributed by atoms with Crippen LogP contribution in [0.1, 0.15) is 12.6 Å². The molecular formula is C20H23N5O4S. The quantitative estimate of drug-likeness (QED) is 0.501. The molecule has 5 atom stereocenters. The summed E-state index contributed by atoms with van der Waals surface area (Å²) in [5.74, 6) is 1.15. The van der Waals surface area contributed by atoms with Gasteiger partial charge in [-0.15, -0.1) is 11.8 Å². The van der Waals surface area contributed by atoms with E-state index in [1.165, 1.54) is 6.33 Å². The van der Waals surface area contributed by atoms with Crippen LogP contribution in [0, 0.1) is 0 Å². The molecule has 158 valence electrons. The molecule has 2 aromatic heterocycles. The van der Waals surface area contributed by atoms with Crippen LogP contribution < -0.4 is 5.32 Å². The van der Waals surface area contributed by atoms with Gasteiger partial charge in [0.2, 0.25) is 0 Å². The molecule has 0 saturated carbocycles. The van der Waals surface area contributed by atoms with E-state index in [0.29, 0.717) is 29.3 Å². The SMILES string of the molecule is O[C@@H]1[C@H](O)[C@@H](CSc2ccccc2)O[C@H]1n1cnc2c(N[C@@H]3CCOC3)ncnc21. The highest BCUT2D eigenvalue weighted by molar-refractivity contribution is 7.99. The number of thioether (sulfide) groups is 1. The molecule has 4 heterocycles. The van der Waals surface area contributed by atoms with Crippen LogP contribution in [0.3, 0.4) is 0 Å². The number of benzene rings is 1. The predicted octanol–water partition coefficient (Wildman–Crippen LogP) is 1.44. The summed E-state index contributed by atoms with van der Waals surface area (Å²) in [4.78, 5) is 14.2. The molecule has 2 fully saturated rings. The summed E-state index contributed by atoms with van der Waals surface area (Å²) >= 11 is 1.58. The molecule has 2 aliphatic heterocycles. The maximum Gasteiger partial charge on any atom is 0.167 e. The number of hydrogen-bond donors (Lipinski definition) is 3. The number of aliphatic hydroxyl groups excluding tert-OH is 2. The first-order chi connectivity index (χ1) is 14.7. The van der Waals surface area contributed by atoms with Crippen LogP contribution in [0.15, 0.2) is 47.9 Å². The van der Waals surface area contributed by atoms with Crippen molar-refractivity contribution in [2.75, 3.05) is 24.3 Å². The molecule has 0 bridgehead atoms. The van der Waals surface area contributed by atoms with E-state index in [9.17, 15) is 10.2 Å². The van der Waals surface area contributed by atoms with Gasteiger partial charge in [-0.25, -0.2) is 15.0 Å². The number of nitrogens with zero attached hydrogens (tertiary/aromatic N) is 4. The maximum atomic E-state index is 10.6. The molecule has 3 N–H and O–H groups in total. The largest absolute Gasteiger partial charge is 0.387 e. The zero-order valence-electron chi connectivity index (χ0n) is 16.2. The van der Waals surface area contributed by atoms with Gasteiger partial charge in [0, 0.05) is 17.3 Å². The van der Waals surface area contributed by atoms with Crippen LogP contribution in [-0.4, -0.2) is 73.1 Å². The Morgan fingerprint density at radius 2 is 2.00 bits per heavy atom. The van der Waals surface area contributed by atoms with Gasteiger partial charge in [-0.2, -0.15) is 0 Å². The summed E-state index contributed by atoms with van der Waals surface area (Å²) in [6.45, 7) is 1.35. The summed E-state index contributed by atoms with van der Waals surface area (Å²) in [5, 5.41) is 24.5. The minimum atomic E-state index is -1.08. The van der Waals surface area contributed by atoms with Crippen molar-refractivity contribution in [3.63, 3.8) is 0 Å². The first-order valence-corrected chi connectivity index (χ1v) is 10.9. The first kappa shape index (κ1) is 19.7. The van der Waals surface area contributed by atoms with Gasteiger partial charge < -0.3 is 25.0 Å². The number of imidazole rings is 1. The highest BCUT2D eigenvalue weighted by Crippen LogP contribution is 2.34. The molecule has 9 nitrogen and oxygen atoms in total. The fourth-order valence-electron chi connectivity index (χ4n) is 3.78. The summed E-state index contributed by atoms with van der Waals surface area (Å²) < 4.78 is 13.1. The van der Waals surface area contributed by atoms with Crippen molar-refractivity contribution in [3.05, 3.63) is 43.0 Å². The Kier molecular flexibility index (Phi) is 5.57. The van der Waals surface area contributed by atoms with Crippen molar-refractivity contribution < 1.29 is 19.7 Å². The molecule has 0 aliphatic carbocycles. The zero-order valence-corrected chi connectivity index (χ0v) is 17.0. The second-order valence-corrected chi connectivity index (χ2v) is 8.51. The van der Waals surface area contributed by atoms with Crippen LogP contribution >= 0.6 is 11.8 Å². The van der Waals surface area contributed by atoms with Crippen molar-refractivity contribution in [3.8, 4) is 0 Å². The smallest absolute Gasteiger partial charge is 0.167 e. The van der Waals surface area contributed by atoms with E-state index < -0.39 is 24.5 Å². The van der Waals surface area contributed by atoms with Crippen LogP contribution in [0.25, 0.3) is 11.2 Å². The third-order valence-electron chi connectivity index (χ3n) is 5.40. The minimum absolute atomic E-state index is 0.183. The number of aliphatic hydroxyl groups is 2. The van der Waals surface area contributed by atoms with Crippen molar-refractivity contribution in [2.45, 2.75) is 41.9 Å². The Morgan fingerprint density at radius 1 is 1.13 bits per heavy atom. The van der Waals surface area contributed by atoms with Gasteiger partial charge in [-0.05, 0) is 18.6 Å². The molecule has 0 unspecified atom stereocenters. The van der Waals surface area contributed by atoms with Crippen LogP contribution in [0.2, 0.25) is 0 Å². The van der Waals surface area contributed by atoms with Gasteiger partial charge >= 0.3 is 0 Å². The Bertz CT molecular complexity index is 997. The number of fused-ring (bicyclic) bond motifs is 1. The summed E-state index contributed by atoms with van der Waals surface area (Å²) in [6, 6.07) is 10.1. The molecule has 0 amide bonds. The molecule has 2 aliphatic rings. The Labute approximate surface area is 177 Å². The van der Waals surface area contributed by atoms with E-state index in [0.717, 1.165) is 17.9 Å². The minimum Gasteiger partial charge on any atom is -0.387 e. The monoisotopic (exact) mass is 429 g/mol. The standard InChI is InChI=1S/C20H23N5O4S/c26-16-14(9-30-13-4-2-1-3-5-13)29-20(17(16)27)25-11-23-15-18(21-10-22-19(15)25)24-12-6-7-28-8-12/h1-5,10-12,14,16-17,20,26-27H,6-9H2,(H,21,22,24)/t12-,14-,16-,17-,20-/m1/s1. The molecule has 10 heteroatoms. The lowest BCUT2D eigenvalue weighted by Crippen LogP contribution is -2.32. The lowest BCUT2D eigenvalue weighted by atomic mass is 10.1. The van der Waals surface area contributed by atoms with Crippen molar-refractivity contribution in [1.29, 1.82) is 0 Å². The van der Waals surface area contributed by atoms with Gasteiger partial charge in [0.05, 0.1) is 25.1 Å². The second kappa shape index (κ2) is 8.48. The van der Waals surface area contributed by atoms with Crippen molar-refractivity contribution >= 4 is 28.7 Å². The molecule has 3 aromatic rings. The fraction of sp³-hybridized carbons (Fsp3) is 0.450. The van der Waals surface area contributed by atoms with Gasteiger partial charge in [-0.1, -0.05) is 18.2 Å². The lowest BCUT2D eigenvalue weighted by molar-refractivity contribution is -0.0289. The van der Waals surface area contributed by atoms with Gasteiger partial charge in [0.25, 0.3) is 0 Å². The lowest BCUT2D eigenvalue weighted by Gasteiger charge is -2.17. The van der Waals surface area contributed by atoms with E-state index in [2.05, 4.69) is 20.3 Å². The van der Waals surface area contributed by atoms with E-state index in [1.54, 1.807) is 22.7 Å². The number of nitrogens with one attached hydrogen (secondary N) is 1. The van der Waals surface area contributed by atoms with Crippen molar-refractivity contribution in [1.82, 2.24) is 19.5 Å². The number of ether oxygens (including phenoxy) is 2. The normalized spacial score (nSPS) is 28.9. The van der Waals surface area contributed by atoms with E-state index >= 15 is 0 Å². The van der Waals surface area contributed by atoms with Gasteiger partial charge in [0.15, 0.2) is 23.2 Å². The Morgan fingerprint density at radius 3 is 2.80 bits per heavy atom. The number of aromatic nitrogens is 4. The summed E-state index contributed by atoms with van der Waals surface area (Å²) in [7, 11) is 0. The summed E-state index contributed by atoms with van der Waals surface area (Å²) in [5.41, 5.74) is 1.14. The molecule has 2 saturated heterocycles. The molecule has 30 heavy (non-hydrogen) atoms.